The van der Waals surface area contributed by atoms with Crippen LogP contribution in [0.2, 0.25) is 0 Å². The van der Waals surface area contributed by atoms with Gasteiger partial charge >= 0.3 is 0 Å². The molecule has 0 radical (unpaired) electrons. The third-order valence-electron chi connectivity index (χ3n) is 2.68. The maximum Gasteiger partial charge on any atom is 0.241 e. The van der Waals surface area contributed by atoms with Crippen LogP contribution in [0.15, 0.2) is 24.3 Å². The minimum absolute atomic E-state index is 0.0192. The third kappa shape index (κ3) is 3.06. The number of hydrogen-bond donors (Lipinski definition) is 1. The van der Waals surface area contributed by atoms with Gasteiger partial charge in [-0.15, -0.1) is 5.10 Å². The highest BCUT2D eigenvalue weighted by molar-refractivity contribution is 5.80. The van der Waals surface area contributed by atoms with Crippen molar-refractivity contribution in [1.29, 1.82) is 0 Å². The van der Waals surface area contributed by atoms with E-state index in [1.807, 2.05) is 24.3 Å². The number of anilines is 1. The van der Waals surface area contributed by atoms with Crippen molar-refractivity contribution in [2.45, 2.75) is 0 Å². The molecule has 2 aromatic rings. The zero-order valence-electron chi connectivity index (χ0n) is 11.2. The summed E-state index contributed by atoms with van der Waals surface area (Å²) in [7, 11) is 5.24. The van der Waals surface area contributed by atoms with Crippen LogP contribution in [-0.2, 0) is 11.8 Å². The van der Waals surface area contributed by atoms with E-state index in [1.54, 1.807) is 30.7 Å². The molecule has 0 fully saturated rings. The highest BCUT2D eigenvalue weighted by Crippen LogP contribution is 2.19. The first kappa shape index (κ1) is 13.0. The van der Waals surface area contributed by atoms with Crippen LogP contribution >= 0.6 is 0 Å². The molecule has 0 saturated heterocycles. The van der Waals surface area contributed by atoms with Gasteiger partial charge in [-0.25, -0.2) is 4.68 Å². The van der Waals surface area contributed by atoms with Gasteiger partial charge in [0.15, 0.2) is 5.82 Å². The Kier molecular flexibility index (Phi) is 3.74. The standard InChI is InChI=1S/C12H16N6O/c1-17(2)11(19)8-13-10-6-4-5-9(7-10)12-14-15-16-18(12)3/h4-7,13H,8H2,1-3H3. The summed E-state index contributed by atoms with van der Waals surface area (Å²) in [5.74, 6) is 0.702. The summed E-state index contributed by atoms with van der Waals surface area (Å²) in [6.07, 6.45) is 0. The fourth-order valence-electron chi connectivity index (χ4n) is 1.58. The van der Waals surface area contributed by atoms with Crippen molar-refractivity contribution in [3.8, 4) is 11.4 Å². The van der Waals surface area contributed by atoms with E-state index in [1.165, 1.54) is 0 Å². The number of tetrazole rings is 1. The van der Waals surface area contributed by atoms with E-state index in [0.717, 1.165) is 11.3 Å². The molecule has 19 heavy (non-hydrogen) atoms. The Morgan fingerprint density at radius 3 is 2.84 bits per heavy atom. The van der Waals surface area contributed by atoms with Crippen molar-refractivity contribution in [2.24, 2.45) is 7.05 Å². The Balaban J connectivity index is 2.12. The monoisotopic (exact) mass is 260 g/mol. The first-order valence-electron chi connectivity index (χ1n) is 5.85. The highest BCUT2D eigenvalue weighted by Gasteiger charge is 2.07. The smallest absolute Gasteiger partial charge is 0.241 e. The van der Waals surface area contributed by atoms with E-state index < -0.39 is 0 Å². The SMILES string of the molecule is CN(C)C(=O)CNc1cccc(-c2nnnn2C)c1. The molecular formula is C12H16N6O. The number of aromatic nitrogens is 4. The molecule has 0 saturated carbocycles. The molecule has 7 nitrogen and oxygen atoms in total. The van der Waals surface area contributed by atoms with Crippen molar-refractivity contribution in [3.05, 3.63) is 24.3 Å². The van der Waals surface area contributed by atoms with Crippen LogP contribution in [-0.4, -0.2) is 51.7 Å². The second-order valence-corrected chi connectivity index (χ2v) is 4.35. The molecule has 0 spiro atoms. The normalized spacial score (nSPS) is 10.3. The molecule has 0 atom stereocenters. The van der Waals surface area contributed by atoms with Crippen molar-refractivity contribution in [1.82, 2.24) is 25.1 Å². The molecule has 1 heterocycles. The molecule has 7 heteroatoms. The number of likely N-dealkylation sites (N-methyl/N-ethyl adjacent to an activating group) is 1. The number of benzene rings is 1. The fourth-order valence-corrected chi connectivity index (χ4v) is 1.58. The number of nitrogens with one attached hydrogen (secondary N) is 1. The minimum Gasteiger partial charge on any atom is -0.376 e. The second kappa shape index (κ2) is 5.47. The molecule has 0 bridgehead atoms. The summed E-state index contributed by atoms with van der Waals surface area (Å²) >= 11 is 0. The van der Waals surface area contributed by atoms with Gasteiger partial charge in [-0.05, 0) is 22.6 Å². The van der Waals surface area contributed by atoms with E-state index in [2.05, 4.69) is 20.8 Å². The topological polar surface area (TPSA) is 75.9 Å². The number of carbonyl (C=O) groups excluding carboxylic acids is 1. The molecule has 1 aromatic heterocycles. The van der Waals surface area contributed by atoms with Crippen LogP contribution in [0, 0.1) is 0 Å². The van der Waals surface area contributed by atoms with Gasteiger partial charge in [0.05, 0.1) is 6.54 Å². The van der Waals surface area contributed by atoms with Crippen LogP contribution in [0.5, 0.6) is 0 Å². The lowest BCUT2D eigenvalue weighted by atomic mass is 10.2. The summed E-state index contributed by atoms with van der Waals surface area (Å²) in [6, 6.07) is 7.63. The van der Waals surface area contributed by atoms with Crippen molar-refractivity contribution in [3.63, 3.8) is 0 Å². The van der Waals surface area contributed by atoms with Gasteiger partial charge in [0.1, 0.15) is 0 Å². The maximum atomic E-state index is 11.5. The summed E-state index contributed by atoms with van der Waals surface area (Å²) in [5, 5.41) is 14.4. The summed E-state index contributed by atoms with van der Waals surface area (Å²) in [6.45, 7) is 0.257. The molecule has 0 unspecified atom stereocenters. The molecule has 100 valence electrons. The molecule has 0 aliphatic heterocycles. The van der Waals surface area contributed by atoms with Crippen LogP contribution in [0.3, 0.4) is 0 Å². The summed E-state index contributed by atoms with van der Waals surface area (Å²) < 4.78 is 1.60. The summed E-state index contributed by atoms with van der Waals surface area (Å²) in [5.41, 5.74) is 1.76. The molecular weight excluding hydrogens is 244 g/mol. The van der Waals surface area contributed by atoms with Crippen LogP contribution in [0.4, 0.5) is 5.69 Å². The minimum atomic E-state index is 0.0192. The van der Waals surface area contributed by atoms with E-state index >= 15 is 0 Å². The molecule has 0 aliphatic carbocycles. The maximum absolute atomic E-state index is 11.5. The van der Waals surface area contributed by atoms with E-state index in [4.69, 9.17) is 0 Å². The molecule has 1 aromatic carbocycles. The Morgan fingerprint density at radius 1 is 1.42 bits per heavy atom. The van der Waals surface area contributed by atoms with E-state index in [0.29, 0.717) is 5.82 Å². The Morgan fingerprint density at radius 2 is 2.21 bits per heavy atom. The number of hydrogen-bond acceptors (Lipinski definition) is 5. The Bertz CT molecular complexity index is 577. The number of aryl methyl sites for hydroxylation is 1. The Labute approximate surface area is 111 Å². The second-order valence-electron chi connectivity index (χ2n) is 4.35. The Hall–Kier alpha value is -2.44. The zero-order chi connectivity index (χ0) is 13.8. The predicted molar refractivity (Wildman–Crippen MR) is 71.4 cm³/mol. The number of nitrogens with zero attached hydrogens (tertiary/aromatic N) is 5. The lowest BCUT2D eigenvalue weighted by Gasteiger charge is -2.12. The van der Waals surface area contributed by atoms with Gasteiger partial charge in [-0.2, -0.15) is 0 Å². The first-order valence-corrected chi connectivity index (χ1v) is 5.85. The summed E-state index contributed by atoms with van der Waals surface area (Å²) in [4.78, 5) is 13.1. The van der Waals surface area contributed by atoms with Crippen molar-refractivity contribution < 1.29 is 4.79 Å². The first-order chi connectivity index (χ1) is 9.08. The van der Waals surface area contributed by atoms with Gasteiger partial charge in [0, 0.05) is 32.4 Å². The highest BCUT2D eigenvalue weighted by atomic mass is 16.2. The third-order valence-corrected chi connectivity index (χ3v) is 2.68. The van der Waals surface area contributed by atoms with Gasteiger partial charge in [0.25, 0.3) is 0 Å². The van der Waals surface area contributed by atoms with Crippen LogP contribution < -0.4 is 5.32 Å². The zero-order valence-corrected chi connectivity index (χ0v) is 11.2. The van der Waals surface area contributed by atoms with Crippen molar-refractivity contribution >= 4 is 11.6 Å². The van der Waals surface area contributed by atoms with Gasteiger partial charge < -0.3 is 10.2 Å². The molecule has 2 rings (SSSR count). The molecule has 1 amide bonds. The van der Waals surface area contributed by atoms with E-state index in [9.17, 15) is 4.79 Å². The largest absolute Gasteiger partial charge is 0.376 e. The fraction of sp³-hybridized carbons (Fsp3) is 0.333. The lowest BCUT2D eigenvalue weighted by molar-refractivity contribution is -0.126. The number of amides is 1. The molecule has 1 N–H and O–H groups in total. The van der Waals surface area contributed by atoms with Gasteiger partial charge in [-0.3, -0.25) is 4.79 Å². The van der Waals surface area contributed by atoms with Crippen LogP contribution in [0.1, 0.15) is 0 Å². The van der Waals surface area contributed by atoms with Crippen molar-refractivity contribution in [2.75, 3.05) is 26.0 Å². The van der Waals surface area contributed by atoms with E-state index in [-0.39, 0.29) is 12.5 Å². The quantitative estimate of drug-likeness (QED) is 0.860. The van der Waals surface area contributed by atoms with Crippen LogP contribution in [0.25, 0.3) is 11.4 Å². The van der Waals surface area contributed by atoms with Gasteiger partial charge in [0.2, 0.25) is 5.91 Å². The number of carbonyl (C=O) groups is 1. The molecule has 0 aliphatic rings. The van der Waals surface area contributed by atoms with Gasteiger partial charge in [-0.1, -0.05) is 12.1 Å². The average molecular weight is 260 g/mol. The average Bonchev–Trinajstić information content (AvgIpc) is 2.82. The number of rotatable bonds is 4. The lowest BCUT2D eigenvalue weighted by Crippen LogP contribution is -2.28. The predicted octanol–water partition coefficient (Wildman–Crippen LogP) is 0.377.